The first-order valence-electron chi connectivity index (χ1n) is 6.96. The van der Waals surface area contributed by atoms with Gasteiger partial charge < -0.3 is 15.7 Å². The summed E-state index contributed by atoms with van der Waals surface area (Å²) < 4.78 is 5.40. The number of nitrogens with two attached hydrogens (primary N) is 1. The summed E-state index contributed by atoms with van der Waals surface area (Å²) in [6.45, 7) is 8.28. The molecule has 0 heterocycles. The van der Waals surface area contributed by atoms with Crippen LogP contribution in [0, 0.1) is 0 Å². The van der Waals surface area contributed by atoms with Crippen LogP contribution < -0.4 is 10.5 Å². The Morgan fingerprint density at radius 1 is 1.45 bits per heavy atom. The molecule has 0 aliphatic carbocycles. The van der Waals surface area contributed by atoms with E-state index in [2.05, 4.69) is 30.8 Å². The normalized spacial score (nSPS) is 13.6. The zero-order valence-corrected chi connectivity index (χ0v) is 12.8. The molecule has 0 aliphatic heterocycles. The van der Waals surface area contributed by atoms with Gasteiger partial charge >= 0.3 is 0 Å². The molecule has 0 fully saturated rings. The molecule has 3 N–H and O–H groups in total. The first kappa shape index (κ1) is 16.3. The lowest BCUT2D eigenvalue weighted by Gasteiger charge is -2.27. The maximum atomic E-state index is 8.78. The van der Waals surface area contributed by atoms with Gasteiger partial charge in [0, 0.05) is 23.7 Å². The molecule has 5 nitrogen and oxygen atoms in total. The quantitative estimate of drug-likeness (QED) is 0.348. The fraction of sp³-hybridized carbons (Fsp3) is 0.533. The Kier molecular flexibility index (Phi) is 6.31. The van der Waals surface area contributed by atoms with Crippen molar-refractivity contribution in [3.8, 4) is 5.75 Å². The van der Waals surface area contributed by atoms with Crippen LogP contribution in [0.2, 0.25) is 0 Å². The lowest BCUT2D eigenvalue weighted by Crippen LogP contribution is -2.32. The topological polar surface area (TPSA) is 71.1 Å². The fourth-order valence-corrected chi connectivity index (χ4v) is 2.18. The van der Waals surface area contributed by atoms with Crippen molar-refractivity contribution in [2.45, 2.75) is 39.8 Å². The van der Waals surface area contributed by atoms with Gasteiger partial charge in [0.15, 0.2) is 5.84 Å². The minimum absolute atomic E-state index is 0.112. The molecule has 1 aromatic carbocycles. The number of ether oxygens (including phenoxy) is 1. The molecule has 0 aliphatic rings. The van der Waals surface area contributed by atoms with Crippen molar-refractivity contribution in [1.82, 2.24) is 4.90 Å². The lowest BCUT2D eigenvalue weighted by atomic mass is 10.1. The molecule has 5 heteroatoms. The van der Waals surface area contributed by atoms with Crippen LogP contribution >= 0.6 is 0 Å². The summed E-state index contributed by atoms with van der Waals surface area (Å²) in [6.07, 6.45) is 1.09. The Bertz CT molecular complexity index is 460. The van der Waals surface area contributed by atoms with Crippen molar-refractivity contribution in [2.75, 3.05) is 13.7 Å². The smallest absolute Gasteiger partial charge is 0.170 e. The number of nitrogens with zero attached hydrogens (tertiary/aromatic N) is 2. The predicted octanol–water partition coefficient (Wildman–Crippen LogP) is 2.41. The van der Waals surface area contributed by atoms with Gasteiger partial charge in [-0.15, -0.1) is 0 Å². The van der Waals surface area contributed by atoms with Crippen molar-refractivity contribution in [1.29, 1.82) is 0 Å². The zero-order chi connectivity index (χ0) is 15.1. The van der Waals surface area contributed by atoms with E-state index in [0.29, 0.717) is 11.6 Å². The maximum absolute atomic E-state index is 8.78. The highest BCUT2D eigenvalue weighted by Crippen LogP contribution is 2.23. The van der Waals surface area contributed by atoms with E-state index in [0.717, 1.165) is 30.8 Å². The zero-order valence-electron chi connectivity index (χ0n) is 12.8. The summed E-state index contributed by atoms with van der Waals surface area (Å²) >= 11 is 0. The Morgan fingerprint density at radius 2 is 2.15 bits per heavy atom. The van der Waals surface area contributed by atoms with Crippen molar-refractivity contribution in [3.63, 3.8) is 0 Å². The van der Waals surface area contributed by atoms with Crippen LogP contribution in [0.3, 0.4) is 0 Å². The third-order valence-electron chi connectivity index (χ3n) is 3.68. The standard InChI is InChI=1S/C15H25N3O2/c1-5-11(3)18(6-2)10-13-9-12(15(16)17-19)7-8-14(13)20-4/h7-9,11,19H,5-6,10H2,1-4H3,(H2,16,17). The molecule has 20 heavy (non-hydrogen) atoms. The second-order valence-corrected chi connectivity index (χ2v) is 4.83. The van der Waals surface area contributed by atoms with Crippen LogP contribution in [0.1, 0.15) is 38.3 Å². The molecule has 1 unspecified atom stereocenters. The Hall–Kier alpha value is -1.75. The monoisotopic (exact) mass is 279 g/mol. The number of benzene rings is 1. The number of oxime groups is 1. The maximum Gasteiger partial charge on any atom is 0.170 e. The summed E-state index contributed by atoms with van der Waals surface area (Å²) in [4.78, 5) is 2.37. The van der Waals surface area contributed by atoms with Crippen LogP contribution in [0.4, 0.5) is 0 Å². The Balaban J connectivity index is 3.07. The van der Waals surface area contributed by atoms with Crippen molar-refractivity contribution in [2.24, 2.45) is 10.9 Å². The second-order valence-electron chi connectivity index (χ2n) is 4.83. The van der Waals surface area contributed by atoms with Gasteiger partial charge in [-0.05, 0) is 38.1 Å². The Morgan fingerprint density at radius 3 is 2.65 bits per heavy atom. The molecule has 0 spiro atoms. The Labute approximate surface area is 121 Å². The first-order chi connectivity index (χ1) is 9.57. The van der Waals surface area contributed by atoms with Gasteiger partial charge in [-0.3, -0.25) is 4.90 Å². The van der Waals surface area contributed by atoms with E-state index in [9.17, 15) is 0 Å². The number of hydrogen-bond donors (Lipinski definition) is 2. The number of amidine groups is 1. The van der Waals surface area contributed by atoms with E-state index in [-0.39, 0.29) is 5.84 Å². The molecular weight excluding hydrogens is 254 g/mol. The molecule has 0 saturated carbocycles. The summed E-state index contributed by atoms with van der Waals surface area (Å²) in [7, 11) is 1.65. The van der Waals surface area contributed by atoms with Gasteiger partial charge in [0.25, 0.3) is 0 Å². The van der Waals surface area contributed by atoms with Gasteiger partial charge in [-0.1, -0.05) is 19.0 Å². The van der Waals surface area contributed by atoms with Crippen LogP contribution in [0.5, 0.6) is 5.75 Å². The minimum Gasteiger partial charge on any atom is -0.496 e. The SMILES string of the molecule is CCC(C)N(CC)Cc1cc(/C(N)=N/O)ccc1OC. The van der Waals surface area contributed by atoms with Crippen LogP contribution in [-0.2, 0) is 6.54 Å². The highest BCUT2D eigenvalue weighted by atomic mass is 16.5. The van der Waals surface area contributed by atoms with E-state index in [1.54, 1.807) is 13.2 Å². The average molecular weight is 279 g/mol. The molecule has 1 rings (SSSR count). The van der Waals surface area contributed by atoms with Crippen LogP contribution in [0.25, 0.3) is 0 Å². The third-order valence-corrected chi connectivity index (χ3v) is 3.68. The number of hydrogen-bond acceptors (Lipinski definition) is 4. The molecule has 112 valence electrons. The summed E-state index contributed by atoms with van der Waals surface area (Å²) in [6, 6.07) is 6.06. The largest absolute Gasteiger partial charge is 0.496 e. The molecule has 1 aromatic rings. The van der Waals surface area contributed by atoms with E-state index < -0.39 is 0 Å². The second kappa shape index (κ2) is 7.75. The van der Waals surface area contributed by atoms with Crippen LogP contribution in [0.15, 0.2) is 23.4 Å². The van der Waals surface area contributed by atoms with Gasteiger partial charge in [0.2, 0.25) is 0 Å². The van der Waals surface area contributed by atoms with Gasteiger partial charge in [-0.25, -0.2) is 0 Å². The summed E-state index contributed by atoms with van der Waals surface area (Å²) in [5, 5.41) is 11.8. The fourth-order valence-electron chi connectivity index (χ4n) is 2.18. The number of rotatable bonds is 7. The van der Waals surface area contributed by atoms with E-state index in [4.69, 9.17) is 15.7 Å². The number of methoxy groups -OCH3 is 1. The highest BCUT2D eigenvalue weighted by molar-refractivity contribution is 5.97. The van der Waals surface area contributed by atoms with Crippen molar-refractivity contribution in [3.05, 3.63) is 29.3 Å². The average Bonchev–Trinajstić information content (AvgIpc) is 2.50. The van der Waals surface area contributed by atoms with Gasteiger partial charge in [0.1, 0.15) is 5.75 Å². The van der Waals surface area contributed by atoms with E-state index >= 15 is 0 Å². The molecule has 1 atom stereocenters. The van der Waals surface area contributed by atoms with Crippen molar-refractivity contribution >= 4 is 5.84 Å². The first-order valence-corrected chi connectivity index (χ1v) is 6.96. The highest BCUT2D eigenvalue weighted by Gasteiger charge is 2.14. The summed E-state index contributed by atoms with van der Waals surface area (Å²) in [5.41, 5.74) is 7.39. The molecule has 0 aromatic heterocycles. The molecule has 0 bridgehead atoms. The van der Waals surface area contributed by atoms with Crippen LogP contribution in [-0.4, -0.2) is 35.6 Å². The third kappa shape index (κ3) is 3.87. The van der Waals surface area contributed by atoms with Gasteiger partial charge in [0.05, 0.1) is 7.11 Å². The summed E-state index contributed by atoms with van der Waals surface area (Å²) in [5.74, 6) is 0.932. The molecule has 0 saturated heterocycles. The lowest BCUT2D eigenvalue weighted by molar-refractivity contribution is 0.203. The minimum atomic E-state index is 0.112. The molecule has 0 radical (unpaired) electrons. The molecule has 0 amide bonds. The molecular formula is C15H25N3O2. The van der Waals surface area contributed by atoms with Gasteiger partial charge in [-0.2, -0.15) is 0 Å². The van der Waals surface area contributed by atoms with E-state index in [1.165, 1.54) is 0 Å². The van der Waals surface area contributed by atoms with Crippen molar-refractivity contribution < 1.29 is 9.94 Å². The van der Waals surface area contributed by atoms with E-state index in [1.807, 2.05) is 12.1 Å². The predicted molar refractivity (Wildman–Crippen MR) is 81.3 cm³/mol.